The minimum atomic E-state index is -1.60. The molecule has 0 aromatic rings. The van der Waals surface area contributed by atoms with Gasteiger partial charge in [0.15, 0.2) is 0 Å². The SMILES string of the molecule is O=[N+]([O-])C(=C(NO)NO)[N+](=O)[O-]. The molecule has 12 heavy (non-hydrogen) atoms. The molecule has 0 spiro atoms. The Hall–Kier alpha value is -1.94. The smallest absolute Gasteiger partial charge is 0.289 e. The van der Waals surface area contributed by atoms with E-state index in [9.17, 15) is 20.2 Å². The molecule has 0 atom stereocenters. The molecule has 10 heteroatoms. The van der Waals surface area contributed by atoms with Gasteiger partial charge in [-0.05, 0) is 0 Å². The second kappa shape index (κ2) is 4.05. The Labute approximate surface area is 64.3 Å². The molecule has 4 N–H and O–H groups in total. The molecule has 0 aliphatic heterocycles. The van der Waals surface area contributed by atoms with Crippen molar-refractivity contribution < 1.29 is 20.3 Å². The summed E-state index contributed by atoms with van der Waals surface area (Å²) in [6.07, 6.45) is 0. The van der Waals surface area contributed by atoms with E-state index < -0.39 is 21.5 Å². The van der Waals surface area contributed by atoms with E-state index in [0.717, 1.165) is 11.0 Å². The number of nitro groups is 2. The summed E-state index contributed by atoms with van der Waals surface area (Å²) in [6.45, 7) is 0. The van der Waals surface area contributed by atoms with Gasteiger partial charge in [-0.15, -0.1) is 0 Å². The molecule has 0 aromatic carbocycles. The molecule has 0 amide bonds. The van der Waals surface area contributed by atoms with Crippen LogP contribution in [0.5, 0.6) is 0 Å². The van der Waals surface area contributed by atoms with Crippen molar-refractivity contribution in [3.05, 3.63) is 31.9 Å². The normalized spacial score (nSPS) is 8.50. The van der Waals surface area contributed by atoms with E-state index in [-0.39, 0.29) is 0 Å². The standard InChI is InChI=1S/C2H4N4O6/c7-3-1(4-8)2(5(9)10)6(11)12/h3-4,7-8H. The van der Waals surface area contributed by atoms with Gasteiger partial charge in [-0.3, -0.25) is 30.6 Å². The molecule has 0 aromatic heterocycles. The topological polar surface area (TPSA) is 151 Å². The van der Waals surface area contributed by atoms with Gasteiger partial charge in [0.05, 0.1) is 0 Å². The average molecular weight is 180 g/mol. The van der Waals surface area contributed by atoms with Crippen molar-refractivity contribution in [3.63, 3.8) is 0 Å². The Bertz CT molecular complexity index is 212. The molecule has 0 heterocycles. The number of nitrogens with one attached hydrogen (secondary N) is 2. The maximum absolute atomic E-state index is 9.90. The van der Waals surface area contributed by atoms with Gasteiger partial charge in [-0.2, -0.15) is 0 Å². The van der Waals surface area contributed by atoms with Crippen molar-refractivity contribution in [1.82, 2.24) is 11.0 Å². The van der Waals surface area contributed by atoms with Crippen molar-refractivity contribution in [2.75, 3.05) is 0 Å². The van der Waals surface area contributed by atoms with Crippen LogP contribution in [0.25, 0.3) is 0 Å². The second-order valence-electron chi connectivity index (χ2n) is 1.44. The fourth-order valence-electron chi connectivity index (χ4n) is 0.374. The summed E-state index contributed by atoms with van der Waals surface area (Å²) in [4.78, 5) is 17.0. The van der Waals surface area contributed by atoms with Crippen LogP contribution in [0.3, 0.4) is 0 Å². The monoisotopic (exact) mass is 180 g/mol. The molecule has 0 saturated carbocycles. The molecular formula is C2H4N4O6. The summed E-state index contributed by atoms with van der Waals surface area (Å²) in [5, 5.41) is 35.9. The van der Waals surface area contributed by atoms with Gasteiger partial charge in [0.25, 0.3) is 0 Å². The maximum atomic E-state index is 9.90. The Balaban J connectivity index is 5.03. The highest BCUT2D eigenvalue weighted by Crippen LogP contribution is 1.99. The average Bonchev–Trinajstić information content (AvgIpc) is 1.98. The lowest BCUT2D eigenvalue weighted by Gasteiger charge is -1.97. The van der Waals surface area contributed by atoms with Crippen LogP contribution in [0.2, 0.25) is 0 Å². The largest absolute Gasteiger partial charge is 0.603 e. The van der Waals surface area contributed by atoms with Gasteiger partial charge in [-0.25, -0.2) is 11.0 Å². The van der Waals surface area contributed by atoms with Crippen LogP contribution in [0, 0.1) is 20.2 Å². The lowest BCUT2D eigenvalue weighted by molar-refractivity contribution is -0.618. The van der Waals surface area contributed by atoms with E-state index in [0.29, 0.717) is 0 Å². The van der Waals surface area contributed by atoms with Crippen molar-refractivity contribution in [2.45, 2.75) is 0 Å². The summed E-state index contributed by atoms with van der Waals surface area (Å²) < 4.78 is 0. The first-order valence-electron chi connectivity index (χ1n) is 2.37. The lowest BCUT2D eigenvalue weighted by atomic mass is 10.7. The first-order chi connectivity index (χ1) is 5.54. The molecule has 10 nitrogen and oxygen atoms in total. The molecule has 0 aliphatic carbocycles. The number of hydrogen-bond donors (Lipinski definition) is 4. The zero-order valence-electron chi connectivity index (χ0n) is 5.42. The van der Waals surface area contributed by atoms with E-state index in [4.69, 9.17) is 10.4 Å². The van der Waals surface area contributed by atoms with E-state index in [1.54, 1.807) is 0 Å². The first kappa shape index (κ1) is 10.1. The molecule has 68 valence electrons. The van der Waals surface area contributed by atoms with Crippen LogP contribution in [0.15, 0.2) is 11.6 Å². The van der Waals surface area contributed by atoms with E-state index >= 15 is 0 Å². The highest BCUT2D eigenvalue weighted by molar-refractivity contribution is 4.91. The van der Waals surface area contributed by atoms with Crippen molar-refractivity contribution in [1.29, 1.82) is 0 Å². The Morgan fingerprint density at radius 3 is 1.50 bits per heavy atom. The van der Waals surface area contributed by atoms with E-state index in [1.165, 1.54) is 0 Å². The minimum Gasteiger partial charge on any atom is -0.289 e. The summed E-state index contributed by atoms with van der Waals surface area (Å²) in [5.74, 6) is -2.72. The molecule has 0 saturated heterocycles. The highest BCUT2D eigenvalue weighted by atomic mass is 16.7. The molecular weight excluding hydrogens is 176 g/mol. The van der Waals surface area contributed by atoms with Gasteiger partial charge in [0, 0.05) is 0 Å². The fraction of sp³-hybridized carbons (Fsp3) is 0. The van der Waals surface area contributed by atoms with Crippen LogP contribution >= 0.6 is 0 Å². The quantitative estimate of drug-likeness (QED) is 0.305. The Kier molecular flexibility index (Phi) is 3.39. The highest BCUT2D eigenvalue weighted by Gasteiger charge is 2.32. The Morgan fingerprint density at radius 1 is 1.08 bits per heavy atom. The van der Waals surface area contributed by atoms with Gasteiger partial charge < -0.3 is 0 Å². The van der Waals surface area contributed by atoms with Crippen molar-refractivity contribution in [3.8, 4) is 0 Å². The second-order valence-corrected chi connectivity index (χ2v) is 1.44. The summed E-state index contributed by atoms with van der Waals surface area (Å²) in [7, 11) is 0. The molecule has 0 radical (unpaired) electrons. The third kappa shape index (κ3) is 2.03. The number of hydroxylamine groups is 2. The fourth-order valence-corrected chi connectivity index (χ4v) is 0.374. The predicted molar refractivity (Wildman–Crippen MR) is 30.9 cm³/mol. The molecule has 0 unspecified atom stereocenters. The Morgan fingerprint density at radius 2 is 1.42 bits per heavy atom. The third-order valence-electron chi connectivity index (χ3n) is 0.793. The molecule has 0 fully saturated rings. The minimum absolute atomic E-state index is 1.05. The van der Waals surface area contributed by atoms with Gasteiger partial charge >= 0.3 is 11.6 Å². The van der Waals surface area contributed by atoms with Crippen molar-refractivity contribution >= 4 is 0 Å². The molecule has 0 aliphatic rings. The van der Waals surface area contributed by atoms with E-state index in [2.05, 4.69) is 0 Å². The van der Waals surface area contributed by atoms with Gasteiger partial charge in [-0.1, -0.05) is 0 Å². The van der Waals surface area contributed by atoms with Gasteiger partial charge in [0.1, 0.15) is 9.85 Å². The van der Waals surface area contributed by atoms with Crippen molar-refractivity contribution in [2.24, 2.45) is 0 Å². The number of nitrogens with zero attached hydrogens (tertiary/aromatic N) is 2. The number of rotatable bonds is 4. The first-order valence-corrected chi connectivity index (χ1v) is 2.37. The number of hydrogen-bond acceptors (Lipinski definition) is 8. The van der Waals surface area contributed by atoms with Crippen LogP contribution < -0.4 is 11.0 Å². The third-order valence-corrected chi connectivity index (χ3v) is 0.793. The summed E-state index contributed by atoms with van der Waals surface area (Å²) in [5.41, 5.74) is 2.10. The van der Waals surface area contributed by atoms with Crippen LogP contribution in [0.4, 0.5) is 0 Å². The predicted octanol–water partition coefficient (Wildman–Crippen LogP) is -1.38. The zero-order chi connectivity index (χ0) is 9.72. The lowest BCUT2D eigenvalue weighted by Crippen LogP contribution is -2.28. The van der Waals surface area contributed by atoms with Crippen LogP contribution in [-0.2, 0) is 0 Å². The summed E-state index contributed by atoms with van der Waals surface area (Å²) in [6, 6.07) is 0. The molecule has 0 rings (SSSR count). The van der Waals surface area contributed by atoms with Crippen LogP contribution in [0.1, 0.15) is 0 Å². The van der Waals surface area contributed by atoms with E-state index in [1.807, 2.05) is 0 Å². The van der Waals surface area contributed by atoms with Gasteiger partial charge in [0.2, 0.25) is 0 Å². The van der Waals surface area contributed by atoms with Crippen LogP contribution in [-0.4, -0.2) is 20.3 Å². The summed E-state index contributed by atoms with van der Waals surface area (Å²) >= 11 is 0. The molecule has 0 bridgehead atoms. The zero-order valence-corrected chi connectivity index (χ0v) is 5.42. The maximum Gasteiger partial charge on any atom is 0.603 e.